The van der Waals surface area contributed by atoms with Crippen LogP contribution in [0, 0.1) is 0 Å². The van der Waals surface area contributed by atoms with E-state index in [1.807, 2.05) is 6.20 Å². The van der Waals surface area contributed by atoms with E-state index in [1.54, 1.807) is 24.3 Å². The van der Waals surface area contributed by atoms with Gasteiger partial charge in [-0.15, -0.1) is 0 Å². The average Bonchev–Trinajstić information content (AvgIpc) is 2.68. The lowest BCUT2D eigenvalue weighted by molar-refractivity contribution is 0.122. The van der Waals surface area contributed by atoms with Crippen molar-refractivity contribution in [1.29, 1.82) is 0 Å². The van der Waals surface area contributed by atoms with Gasteiger partial charge in [-0.3, -0.25) is 0 Å². The number of hydrogen-bond acceptors (Lipinski definition) is 6. The van der Waals surface area contributed by atoms with E-state index in [0.717, 1.165) is 28.8 Å². The summed E-state index contributed by atoms with van der Waals surface area (Å²) >= 11 is 3.34. The van der Waals surface area contributed by atoms with Crippen LogP contribution in [0.3, 0.4) is 0 Å². The molecule has 4 rings (SSSR count). The van der Waals surface area contributed by atoms with E-state index < -0.39 is 10.0 Å². The number of rotatable bonds is 3. The highest BCUT2D eigenvalue weighted by molar-refractivity contribution is 9.10. The molecule has 1 aromatic heterocycles. The fraction of sp³-hybridized carbons (Fsp3) is 0.412. The number of anilines is 1. The lowest BCUT2D eigenvalue weighted by Crippen LogP contribution is -2.39. The van der Waals surface area contributed by atoms with Crippen LogP contribution < -0.4 is 4.90 Å². The Bertz CT molecular complexity index is 899. The molecule has 0 spiro atoms. The van der Waals surface area contributed by atoms with Crippen LogP contribution in [-0.4, -0.2) is 55.5 Å². The van der Waals surface area contributed by atoms with Crippen molar-refractivity contribution in [2.45, 2.75) is 17.9 Å². The number of fused-ring (bicyclic) bond motifs is 1. The summed E-state index contributed by atoms with van der Waals surface area (Å²) in [5, 5.41) is 0. The molecule has 138 valence electrons. The molecule has 2 aromatic rings. The molecule has 0 unspecified atom stereocenters. The zero-order valence-corrected chi connectivity index (χ0v) is 16.5. The van der Waals surface area contributed by atoms with Gasteiger partial charge in [0.15, 0.2) is 0 Å². The van der Waals surface area contributed by atoms with Crippen molar-refractivity contribution < 1.29 is 13.2 Å². The highest BCUT2D eigenvalue weighted by atomic mass is 79.9. The molecule has 0 atom stereocenters. The maximum atomic E-state index is 12.9. The van der Waals surface area contributed by atoms with Crippen molar-refractivity contribution in [3.05, 3.63) is 46.2 Å². The minimum absolute atomic E-state index is 0.271. The van der Waals surface area contributed by atoms with Crippen LogP contribution >= 0.6 is 15.9 Å². The highest BCUT2D eigenvalue weighted by Gasteiger charge is 2.30. The maximum absolute atomic E-state index is 12.9. The van der Waals surface area contributed by atoms with Gasteiger partial charge in [0.1, 0.15) is 0 Å². The molecule has 0 bridgehead atoms. The average molecular weight is 439 g/mol. The first-order valence-corrected chi connectivity index (χ1v) is 10.7. The van der Waals surface area contributed by atoms with Crippen molar-refractivity contribution in [2.75, 3.05) is 37.7 Å². The fourth-order valence-electron chi connectivity index (χ4n) is 3.15. The summed E-state index contributed by atoms with van der Waals surface area (Å²) in [6.07, 6.45) is 2.45. The second-order valence-electron chi connectivity index (χ2n) is 6.28. The molecule has 0 radical (unpaired) electrons. The predicted octanol–water partition coefficient (Wildman–Crippen LogP) is 1.82. The number of nitrogens with zero attached hydrogens (tertiary/aromatic N) is 4. The van der Waals surface area contributed by atoms with Crippen molar-refractivity contribution in [1.82, 2.24) is 14.3 Å². The minimum atomic E-state index is -3.54. The van der Waals surface area contributed by atoms with Crippen molar-refractivity contribution in [2.24, 2.45) is 0 Å². The monoisotopic (exact) mass is 438 g/mol. The van der Waals surface area contributed by atoms with Gasteiger partial charge in [0, 0.05) is 30.3 Å². The molecule has 7 nitrogen and oxygen atoms in total. The molecule has 0 saturated carbocycles. The molecule has 2 aliphatic heterocycles. The van der Waals surface area contributed by atoms with Crippen molar-refractivity contribution >= 4 is 31.9 Å². The van der Waals surface area contributed by atoms with E-state index in [0.29, 0.717) is 37.0 Å². The zero-order valence-electron chi connectivity index (χ0n) is 14.1. The van der Waals surface area contributed by atoms with Gasteiger partial charge >= 0.3 is 0 Å². The maximum Gasteiger partial charge on any atom is 0.243 e. The second-order valence-corrected chi connectivity index (χ2v) is 9.14. The van der Waals surface area contributed by atoms with Gasteiger partial charge in [-0.2, -0.15) is 4.31 Å². The van der Waals surface area contributed by atoms with Gasteiger partial charge < -0.3 is 9.64 Å². The Hall–Kier alpha value is -1.55. The molecule has 0 aliphatic carbocycles. The number of hydrogen-bond donors (Lipinski definition) is 0. The minimum Gasteiger partial charge on any atom is -0.378 e. The number of sulfonamides is 1. The van der Waals surface area contributed by atoms with Crippen molar-refractivity contribution in [3.63, 3.8) is 0 Å². The Balaban J connectivity index is 1.59. The first-order valence-electron chi connectivity index (χ1n) is 8.47. The Labute approximate surface area is 161 Å². The Kier molecular flexibility index (Phi) is 4.96. The van der Waals surface area contributed by atoms with Crippen LogP contribution in [0.25, 0.3) is 0 Å². The standard InChI is InChI=1S/C17H19BrN4O3S/c18-14-1-3-15(4-2-14)26(23,24)22-6-5-13-11-19-17(20-16(13)12-22)21-7-9-25-10-8-21/h1-4,11H,5-10,12H2. The van der Waals surface area contributed by atoms with E-state index in [1.165, 1.54) is 4.31 Å². The summed E-state index contributed by atoms with van der Waals surface area (Å²) in [6, 6.07) is 6.72. The van der Waals surface area contributed by atoms with E-state index in [4.69, 9.17) is 4.74 Å². The van der Waals surface area contributed by atoms with Crippen LogP contribution in [0.1, 0.15) is 11.3 Å². The normalized spacial score (nSPS) is 18.6. The molecule has 3 heterocycles. The first kappa shape index (κ1) is 17.8. The van der Waals surface area contributed by atoms with E-state index >= 15 is 0 Å². The number of benzene rings is 1. The van der Waals surface area contributed by atoms with Crippen molar-refractivity contribution in [3.8, 4) is 0 Å². The molecule has 0 N–H and O–H groups in total. The highest BCUT2D eigenvalue weighted by Crippen LogP contribution is 2.25. The van der Waals surface area contributed by atoms with E-state index in [9.17, 15) is 8.42 Å². The van der Waals surface area contributed by atoms with Gasteiger partial charge in [0.05, 0.1) is 30.3 Å². The Morgan fingerprint density at radius 1 is 1.08 bits per heavy atom. The molecule has 0 amide bonds. The number of halogens is 1. The zero-order chi connectivity index (χ0) is 18.1. The smallest absolute Gasteiger partial charge is 0.243 e. The molecule has 2 aliphatic rings. The summed E-state index contributed by atoms with van der Waals surface area (Å²) in [6.45, 7) is 3.52. The van der Waals surface area contributed by atoms with Gasteiger partial charge in [-0.1, -0.05) is 15.9 Å². The quantitative estimate of drug-likeness (QED) is 0.727. The molecule has 26 heavy (non-hydrogen) atoms. The molecule has 9 heteroatoms. The fourth-order valence-corrected chi connectivity index (χ4v) is 4.81. The van der Waals surface area contributed by atoms with Crippen LogP contribution in [0.5, 0.6) is 0 Å². The third-order valence-corrected chi connectivity index (χ3v) is 7.03. The summed E-state index contributed by atoms with van der Waals surface area (Å²) < 4.78 is 33.6. The van der Waals surface area contributed by atoms with Crippen LogP contribution in [0.4, 0.5) is 5.95 Å². The Morgan fingerprint density at radius 2 is 1.81 bits per heavy atom. The number of morpholine rings is 1. The summed E-state index contributed by atoms with van der Waals surface area (Å²) in [5.41, 5.74) is 1.80. The van der Waals surface area contributed by atoms with E-state index in [2.05, 4.69) is 30.8 Å². The topological polar surface area (TPSA) is 75.6 Å². The van der Waals surface area contributed by atoms with E-state index in [-0.39, 0.29) is 6.54 Å². The van der Waals surface area contributed by atoms with Gasteiger partial charge in [-0.25, -0.2) is 18.4 Å². The summed E-state index contributed by atoms with van der Waals surface area (Å²) in [4.78, 5) is 11.5. The molecular formula is C17H19BrN4O3S. The van der Waals surface area contributed by atoms with Crippen LogP contribution in [0.15, 0.2) is 39.8 Å². The lowest BCUT2D eigenvalue weighted by atomic mass is 10.1. The Morgan fingerprint density at radius 3 is 2.54 bits per heavy atom. The lowest BCUT2D eigenvalue weighted by Gasteiger charge is -2.30. The van der Waals surface area contributed by atoms with Gasteiger partial charge in [0.25, 0.3) is 0 Å². The predicted molar refractivity (Wildman–Crippen MR) is 101 cm³/mol. The molecular weight excluding hydrogens is 420 g/mol. The third kappa shape index (κ3) is 3.48. The van der Waals surface area contributed by atoms with Crippen LogP contribution in [-0.2, 0) is 27.7 Å². The number of ether oxygens (including phenoxy) is 1. The largest absolute Gasteiger partial charge is 0.378 e. The second kappa shape index (κ2) is 7.22. The SMILES string of the molecule is O=S(=O)(c1ccc(Br)cc1)N1CCc2cnc(N3CCOCC3)nc2C1. The first-order chi connectivity index (χ1) is 12.5. The molecule has 1 aromatic carbocycles. The van der Waals surface area contributed by atoms with Gasteiger partial charge in [0.2, 0.25) is 16.0 Å². The van der Waals surface area contributed by atoms with Crippen LogP contribution in [0.2, 0.25) is 0 Å². The summed E-state index contributed by atoms with van der Waals surface area (Å²) in [5.74, 6) is 0.648. The third-order valence-electron chi connectivity index (χ3n) is 4.64. The number of aromatic nitrogens is 2. The van der Waals surface area contributed by atoms with Gasteiger partial charge in [-0.05, 0) is 36.2 Å². The molecule has 1 fully saturated rings. The summed E-state index contributed by atoms with van der Waals surface area (Å²) in [7, 11) is -3.54. The molecule has 1 saturated heterocycles.